The lowest BCUT2D eigenvalue weighted by molar-refractivity contribution is -0.118. The van der Waals surface area contributed by atoms with Crippen LogP contribution in [0.25, 0.3) is 0 Å². The number of hydrogen-bond acceptors (Lipinski definition) is 5. The molecule has 1 aromatic heterocycles. The van der Waals surface area contributed by atoms with Gasteiger partial charge in [0.25, 0.3) is 0 Å². The highest BCUT2D eigenvalue weighted by molar-refractivity contribution is 7.15. The van der Waals surface area contributed by atoms with Gasteiger partial charge in [-0.2, -0.15) is 0 Å². The lowest BCUT2D eigenvalue weighted by atomic mass is 9.92. The van der Waals surface area contributed by atoms with Crippen molar-refractivity contribution in [1.82, 2.24) is 15.5 Å². The minimum Gasteiger partial charge on any atom is -0.317 e. The van der Waals surface area contributed by atoms with Gasteiger partial charge in [-0.25, -0.2) is 0 Å². The Bertz CT molecular complexity index is 740. The summed E-state index contributed by atoms with van der Waals surface area (Å²) in [4.78, 5) is 12.5. The van der Waals surface area contributed by atoms with E-state index in [-0.39, 0.29) is 29.6 Å². The zero-order valence-corrected chi connectivity index (χ0v) is 15.9. The van der Waals surface area contributed by atoms with Gasteiger partial charge in [0.15, 0.2) is 0 Å². The summed E-state index contributed by atoms with van der Waals surface area (Å²) >= 11 is 1.47. The molecule has 4 rings (SSSR count). The smallest absolute Gasteiger partial charge is 0.229 e. The van der Waals surface area contributed by atoms with E-state index in [1.54, 1.807) is 0 Å². The molecule has 1 saturated carbocycles. The van der Waals surface area contributed by atoms with Crippen LogP contribution in [0, 0.1) is 18.3 Å². The summed E-state index contributed by atoms with van der Waals surface area (Å²) < 4.78 is 0. The number of aryl methyl sites for hydroxylation is 1. The molecule has 1 aromatic carbocycles. The minimum atomic E-state index is 0. The summed E-state index contributed by atoms with van der Waals surface area (Å²) in [5, 5.41) is 16.3. The molecule has 1 unspecified atom stereocenters. The number of halogens is 1. The molecule has 5 nitrogen and oxygen atoms in total. The van der Waals surface area contributed by atoms with Crippen LogP contribution in [0.3, 0.4) is 0 Å². The molecule has 1 amide bonds. The molecule has 2 heterocycles. The van der Waals surface area contributed by atoms with Crippen molar-refractivity contribution in [1.29, 1.82) is 0 Å². The standard InChI is InChI=1S/C18H22N4OS.ClH/c1-12-2-4-13(5-3-12)10-15-21-22-17(24-15)20-16(23)14-11-18(14)6-8-19-9-7-18;/h2-5,14,19H,6-11H2,1H3,(H,20,22,23);1H. The van der Waals surface area contributed by atoms with Crippen LogP contribution in [-0.4, -0.2) is 29.2 Å². The van der Waals surface area contributed by atoms with Gasteiger partial charge in [-0.05, 0) is 50.3 Å². The highest BCUT2D eigenvalue weighted by Gasteiger charge is 2.57. The summed E-state index contributed by atoms with van der Waals surface area (Å²) in [7, 11) is 0. The maximum absolute atomic E-state index is 12.5. The van der Waals surface area contributed by atoms with Gasteiger partial charge >= 0.3 is 0 Å². The normalized spacial score (nSPS) is 20.8. The average molecular weight is 379 g/mol. The van der Waals surface area contributed by atoms with Crippen molar-refractivity contribution in [3.8, 4) is 0 Å². The third-order valence-corrected chi connectivity index (χ3v) is 6.12. The Balaban J connectivity index is 0.00000182. The van der Waals surface area contributed by atoms with Crippen molar-refractivity contribution in [3.63, 3.8) is 0 Å². The molecule has 25 heavy (non-hydrogen) atoms. The van der Waals surface area contributed by atoms with Gasteiger partial charge in [-0.3, -0.25) is 4.79 Å². The number of nitrogens with zero attached hydrogens (tertiary/aromatic N) is 2. The summed E-state index contributed by atoms with van der Waals surface area (Å²) in [6, 6.07) is 8.43. The van der Waals surface area contributed by atoms with E-state index in [2.05, 4.69) is 52.0 Å². The predicted octanol–water partition coefficient (Wildman–Crippen LogP) is 3.19. The number of carbonyl (C=O) groups is 1. The molecule has 1 aliphatic carbocycles. The molecule has 134 valence electrons. The molecular formula is C18H23ClN4OS. The second-order valence-corrected chi connectivity index (χ2v) is 8.08. The molecule has 1 aliphatic heterocycles. The number of piperidine rings is 1. The summed E-state index contributed by atoms with van der Waals surface area (Å²) in [6.07, 6.45) is 4.00. The number of rotatable bonds is 4. The molecule has 2 fully saturated rings. The van der Waals surface area contributed by atoms with Crippen LogP contribution >= 0.6 is 23.7 Å². The number of anilines is 1. The SMILES string of the molecule is Cc1ccc(Cc2nnc(NC(=O)C3CC34CCNCC4)s2)cc1.Cl. The molecule has 1 spiro atoms. The van der Waals surface area contributed by atoms with Crippen molar-refractivity contribution in [2.75, 3.05) is 18.4 Å². The Kier molecular flexibility index (Phi) is 5.41. The van der Waals surface area contributed by atoms with Crippen molar-refractivity contribution in [3.05, 3.63) is 40.4 Å². The van der Waals surface area contributed by atoms with Crippen LogP contribution in [0.5, 0.6) is 0 Å². The second-order valence-electron chi connectivity index (χ2n) is 7.02. The zero-order chi connectivity index (χ0) is 16.6. The first-order valence-electron chi connectivity index (χ1n) is 8.54. The fourth-order valence-corrected chi connectivity index (χ4v) is 4.42. The number of nitrogens with one attached hydrogen (secondary N) is 2. The second kappa shape index (κ2) is 7.40. The zero-order valence-electron chi connectivity index (χ0n) is 14.2. The van der Waals surface area contributed by atoms with E-state index in [1.807, 2.05) is 0 Å². The number of hydrogen-bond donors (Lipinski definition) is 2. The Hall–Kier alpha value is -1.50. The van der Waals surface area contributed by atoms with Crippen molar-refractivity contribution >= 4 is 34.8 Å². The fourth-order valence-electron chi connectivity index (χ4n) is 3.64. The van der Waals surface area contributed by atoms with Crippen LogP contribution in [0.15, 0.2) is 24.3 Å². The van der Waals surface area contributed by atoms with Crippen LogP contribution in [-0.2, 0) is 11.2 Å². The first kappa shape index (κ1) is 18.3. The molecular weight excluding hydrogens is 356 g/mol. The van der Waals surface area contributed by atoms with E-state index >= 15 is 0 Å². The lowest BCUT2D eigenvalue weighted by Crippen LogP contribution is -2.31. The topological polar surface area (TPSA) is 66.9 Å². The largest absolute Gasteiger partial charge is 0.317 e. The first-order chi connectivity index (χ1) is 11.6. The molecule has 0 bridgehead atoms. The number of benzene rings is 1. The number of amides is 1. The number of aromatic nitrogens is 2. The summed E-state index contributed by atoms with van der Waals surface area (Å²) in [6.45, 7) is 4.14. The van der Waals surface area contributed by atoms with E-state index in [0.29, 0.717) is 5.13 Å². The predicted molar refractivity (Wildman–Crippen MR) is 102 cm³/mol. The Morgan fingerprint density at radius 1 is 1.28 bits per heavy atom. The third-order valence-electron chi connectivity index (χ3n) is 5.28. The van der Waals surface area contributed by atoms with E-state index in [9.17, 15) is 4.79 Å². The highest BCUT2D eigenvalue weighted by Crippen LogP contribution is 2.58. The van der Waals surface area contributed by atoms with Gasteiger partial charge < -0.3 is 10.6 Å². The van der Waals surface area contributed by atoms with Crippen LogP contribution in [0.2, 0.25) is 0 Å². The Morgan fingerprint density at radius 2 is 2.00 bits per heavy atom. The van der Waals surface area contributed by atoms with E-state index in [4.69, 9.17) is 0 Å². The maximum Gasteiger partial charge on any atom is 0.229 e. The first-order valence-corrected chi connectivity index (χ1v) is 9.36. The maximum atomic E-state index is 12.5. The number of carbonyl (C=O) groups excluding carboxylic acids is 1. The minimum absolute atomic E-state index is 0. The third kappa shape index (κ3) is 4.02. The quantitative estimate of drug-likeness (QED) is 0.857. The molecule has 1 atom stereocenters. The molecule has 2 N–H and O–H groups in total. The summed E-state index contributed by atoms with van der Waals surface area (Å²) in [5.41, 5.74) is 2.72. The van der Waals surface area contributed by atoms with Crippen molar-refractivity contribution in [2.45, 2.75) is 32.6 Å². The monoisotopic (exact) mass is 378 g/mol. The highest BCUT2D eigenvalue weighted by atomic mass is 35.5. The van der Waals surface area contributed by atoms with Gasteiger partial charge in [-0.1, -0.05) is 41.2 Å². The Morgan fingerprint density at radius 3 is 2.72 bits per heavy atom. The van der Waals surface area contributed by atoms with E-state index in [0.717, 1.165) is 43.8 Å². The van der Waals surface area contributed by atoms with Gasteiger partial charge in [0.2, 0.25) is 11.0 Å². The van der Waals surface area contributed by atoms with Gasteiger partial charge in [0, 0.05) is 12.3 Å². The lowest BCUT2D eigenvalue weighted by Gasteiger charge is -2.22. The van der Waals surface area contributed by atoms with Gasteiger partial charge in [0.05, 0.1) is 0 Å². The Labute approximate surface area is 158 Å². The van der Waals surface area contributed by atoms with E-state index < -0.39 is 0 Å². The van der Waals surface area contributed by atoms with Gasteiger partial charge in [-0.15, -0.1) is 22.6 Å². The van der Waals surface area contributed by atoms with Crippen molar-refractivity contribution < 1.29 is 4.79 Å². The molecule has 1 saturated heterocycles. The summed E-state index contributed by atoms with van der Waals surface area (Å²) in [5.74, 6) is 0.277. The molecule has 7 heteroatoms. The van der Waals surface area contributed by atoms with Crippen LogP contribution in [0.1, 0.15) is 35.4 Å². The molecule has 0 radical (unpaired) electrons. The molecule has 2 aliphatic rings. The fraction of sp³-hybridized carbons (Fsp3) is 0.500. The van der Waals surface area contributed by atoms with E-state index in [1.165, 1.54) is 22.5 Å². The molecule has 2 aromatic rings. The van der Waals surface area contributed by atoms with Crippen LogP contribution < -0.4 is 10.6 Å². The van der Waals surface area contributed by atoms with Gasteiger partial charge in [0.1, 0.15) is 5.01 Å². The average Bonchev–Trinajstić information content (AvgIpc) is 3.09. The van der Waals surface area contributed by atoms with Crippen molar-refractivity contribution in [2.24, 2.45) is 11.3 Å². The van der Waals surface area contributed by atoms with Crippen LogP contribution in [0.4, 0.5) is 5.13 Å².